The van der Waals surface area contributed by atoms with E-state index in [1.165, 1.54) is 16.6 Å². The lowest BCUT2D eigenvalue weighted by atomic mass is 9.85. The Balaban J connectivity index is 1.71. The van der Waals surface area contributed by atoms with Gasteiger partial charge in [0.25, 0.3) is 0 Å². The van der Waals surface area contributed by atoms with E-state index in [4.69, 9.17) is 4.52 Å². The summed E-state index contributed by atoms with van der Waals surface area (Å²) in [5.41, 5.74) is -0.133. The molecule has 3 rings (SSSR count). The Morgan fingerprint density at radius 3 is 2.67 bits per heavy atom. The SMILES string of the molecule is CNC(=O)[C@@H]1C[C@@H](O)CN1C(=O)[C@@H](n1cc(CNC(=O)Nc2cc(C)on2)nn1)C(C)(C)C. The van der Waals surface area contributed by atoms with Gasteiger partial charge in [-0.15, -0.1) is 5.10 Å². The van der Waals surface area contributed by atoms with Crippen LogP contribution in [-0.2, 0) is 16.1 Å². The van der Waals surface area contributed by atoms with E-state index in [1.54, 1.807) is 19.2 Å². The number of nitrogens with one attached hydrogen (secondary N) is 3. The van der Waals surface area contributed by atoms with Gasteiger partial charge < -0.3 is 25.2 Å². The Morgan fingerprint density at radius 2 is 2.06 bits per heavy atom. The molecule has 0 radical (unpaired) electrons. The molecule has 4 N–H and O–H groups in total. The molecule has 180 valence electrons. The first-order valence-corrected chi connectivity index (χ1v) is 10.6. The number of carbonyl (C=O) groups is 3. The number of β-amino-alcohol motifs (C(OH)–C–C–N with tert-alkyl or cyclic N) is 1. The molecule has 1 fully saturated rings. The number of amides is 4. The highest BCUT2D eigenvalue weighted by Crippen LogP contribution is 2.34. The number of aromatic nitrogens is 4. The minimum absolute atomic E-state index is 0.0638. The van der Waals surface area contributed by atoms with Gasteiger partial charge in [0, 0.05) is 26.1 Å². The van der Waals surface area contributed by atoms with Crippen molar-refractivity contribution in [2.24, 2.45) is 5.41 Å². The minimum atomic E-state index is -0.778. The molecular weight excluding hydrogens is 432 g/mol. The number of aryl methyl sites for hydroxylation is 1. The van der Waals surface area contributed by atoms with Crippen molar-refractivity contribution in [1.82, 2.24) is 35.7 Å². The van der Waals surface area contributed by atoms with Gasteiger partial charge in [0.15, 0.2) is 5.82 Å². The molecule has 0 unspecified atom stereocenters. The van der Waals surface area contributed by atoms with Crippen molar-refractivity contribution in [3.05, 3.63) is 23.7 Å². The average molecular weight is 463 g/mol. The number of rotatable bonds is 6. The van der Waals surface area contributed by atoms with E-state index < -0.39 is 29.6 Å². The molecule has 1 aliphatic heterocycles. The van der Waals surface area contributed by atoms with Gasteiger partial charge in [-0.05, 0) is 12.3 Å². The van der Waals surface area contributed by atoms with E-state index in [2.05, 4.69) is 31.4 Å². The van der Waals surface area contributed by atoms with E-state index in [9.17, 15) is 19.5 Å². The van der Waals surface area contributed by atoms with Crippen LogP contribution in [0.5, 0.6) is 0 Å². The Kier molecular flexibility index (Phi) is 7.01. The molecule has 0 saturated carbocycles. The van der Waals surface area contributed by atoms with E-state index in [-0.39, 0.29) is 37.1 Å². The molecule has 3 heterocycles. The molecule has 3 atom stereocenters. The molecule has 4 amide bonds. The summed E-state index contributed by atoms with van der Waals surface area (Å²) in [7, 11) is 1.49. The van der Waals surface area contributed by atoms with Crippen LogP contribution in [0, 0.1) is 12.3 Å². The van der Waals surface area contributed by atoms with Crippen molar-refractivity contribution >= 4 is 23.7 Å². The second-order valence-corrected chi connectivity index (χ2v) is 9.10. The zero-order valence-electron chi connectivity index (χ0n) is 19.3. The summed E-state index contributed by atoms with van der Waals surface area (Å²) in [5.74, 6) is 0.182. The summed E-state index contributed by atoms with van der Waals surface area (Å²) in [6, 6.07) is -0.448. The first-order chi connectivity index (χ1) is 15.5. The number of aliphatic hydroxyl groups excluding tert-OH is 1. The molecule has 0 bridgehead atoms. The number of likely N-dealkylation sites (tertiary alicyclic amines) is 1. The second kappa shape index (κ2) is 9.57. The van der Waals surface area contributed by atoms with Crippen molar-refractivity contribution in [2.45, 2.75) is 58.8 Å². The standard InChI is InChI=1S/C20H30N8O5/c1-11-6-15(25-33-11)23-19(32)22-8-12-9-28(26-24-12)16(20(2,3)4)18(31)27-10-13(29)7-14(27)17(30)21-5/h6,9,13-14,16,29H,7-8,10H2,1-5H3,(H,21,30)(H2,22,23,25,32)/t13-,14+,16-/m1/s1. The predicted octanol–water partition coefficient (Wildman–Crippen LogP) is 0.191. The lowest BCUT2D eigenvalue weighted by Gasteiger charge is -2.34. The number of anilines is 1. The van der Waals surface area contributed by atoms with Crippen LogP contribution < -0.4 is 16.0 Å². The Bertz CT molecular complexity index is 1010. The third kappa shape index (κ3) is 5.66. The lowest BCUT2D eigenvalue weighted by Crippen LogP contribution is -2.49. The van der Waals surface area contributed by atoms with Crippen LogP contribution in [0.2, 0.25) is 0 Å². The summed E-state index contributed by atoms with van der Waals surface area (Å²) in [6.07, 6.45) is 0.976. The summed E-state index contributed by atoms with van der Waals surface area (Å²) >= 11 is 0. The maximum absolute atomic E-state index is 13.5. The molecule has 33 heavy (non-hydrogen) atoms. The number of nitrogens with zero attached hydrogens (tertiary/aromatic N) is 5. The first kappa shape index (κ1) is 24.2. The zero-order valence-corrected chi connectivity index (χ0v) is 19.3. The quantitative estimate of drug-likeness (QED) is 0.472. The number of hydrogen-bond donors (Lipinski definition) is 4. The van der Waals surface area contributed by atoms with E-state index in [0.29, 0.717) is 11.5 Å². The Morgan fingerprint density at radius 1 is 1.33 bits per heavy atom. The number of likely N-dealkylation sites (N-methyl/N-ethyl adjacent to an activating group) is 1. The van der Waals surface area contributed by atoms with E-state index in [0.717, 1.165) is 0 Å². The number of aliphatic hydroxyl groups is 1. The summed E-state index contributed by atoms with van der Waals surface area (Å²) in [5, 5.41) is 29.7. The van der Waals surface area contributed by atoms with Gasteiger partial charge in [-0.25, -0.2) is 9.48 Å². The van der Waals surface area contributed by atoms with Crippen LogP contribution in [0.15, 0.2) is 16.8 Å². The van der Waals surface area contributed by atoms with Gasteiger partial charge in [0.1, 0.15) is 23.5 Å². The summed E-state index contributed by atoms with van der Waals surface area (Å²) in [4.78, 5) is 39.2. The van der Waals surface area contributed by atoms with Crippen molar-refractivity contribution in [1.29, 1.82) is 0 Å². The maximum Gasteiger partial charge on any atom is 0.320 e. The van der Waals surface area contributed by atoms with Gasteiger partial charge in [-0.3, -0.25) is 14.9 Å². The molecule has 13 nitrogen and oxygen atoms in total. The van der Waals surface area contributed by atoms with Gasteiger partial charge in [0.05, 0.1) is 18.8 Å². The monoisotopic (exact) mass is 462 g/mol. The van der Waals surface area contributed by atoms with Crippen molar-refractivity contribution in [2.75, 3.05) is 18.9 Å². The highest BCUT2D eigenvalue weighted by molar-refractivity contribution is 5.90. The average Bonchev–Trinajstić information content (AvgIpc) is 3.45. The molecule has 0 aromatic carbocycles. The topological polar surface area (TPSA) is 168 Å². The van der Waals surface area contributed by atoms with Crippen molar-refractivity contribution in [3.63, 3.8) is 0 Å². The molecular formula is C20H30N8O5. The minimum Gasteiger partial charge on any atom is -0.391 e. The third-order valence-electron chi connectivity index (χ3n) is 5.29. The molecule has 2 aromatic rings. The van der Waals surface area contributed by atoms with Crippen molar-refractivity contribution in [3.8, 4) is 0 Å². The second-order valence-electron chi connectivity index (χ2n) is 9.10. The molecule has 1 saturated heterocycles. The fourth-order valence-corrected chi connectivity index (χ4v) is 3.79. The number of hydrogen-bond acceptors (Lipinski definition) is 8. The largest absolute Gasteiger partial charge is 0.391 e. The van der Waals surface area contributed by atoms with Crippen LogP contribution in [0.4, 0.5) is 10.6 Å². The fourth-order valence-electron chi connectivity index (χ4n) is 3.79. The van der Waals surface area contributed by atoms with Crippen LogP contribution in [0.25, 0.3) is 0 Å². The van der Waals surface area contributed by atoms with Crippen LogP contribution in [0.3, 0.4) is 0 Å². The maximum atomic E-state index is 13.5. The van der Waals surface area contributed by atoms with Gasteiger partial charge >= 0.3 is 6.03 Å². The lowest BCUT2D eigenvalue weighted by molar-refractivity contribution is -0.144. The van der Waals surface area contributed by atoms with Crippen LogP contribution in [-0.4, -0.2) is 73.7 Å². The summed E-state index contributed by atoms with van der Waals surface area (Å²) in [6.45, 7) is 7.48. The smallest absolute Gasteiger partial charge is 0.320 e. The highest BCUT2D eigenvalue weighted by Gasteiger charge is 2.45. The molecule has 0 spiro atoms. The number of carbonyl (C=O) groups excluding carboxylic acids is 3. The fraction of sp³-hybridized carbons (Fsp3) is 0.600. The van der Waals surface area contributed by atoms with Gasteiger partial charge in [0.2, 0.25) is 11.8 Å². The molecule has 1 aliphatic rings. The third-order valence-corrected chi connectivity index (χ3v) is 5.29. The number of urea groups is 1. The van der Waals surface area contributed by atoms with E-state index in [1.807, 2.05) is 20.8 Å². The van der Waals surface area contributed by atoms with Gasteiger partial charge in [-0.2, -0.15) is 0 Å². The molecule has 2 aromatic heterocycles. The first-order valence-electron chi connectivity index (χ1n) is 10.6. The van der Waals surface area contributed by atoms with Crippen LogP contribution in [0.1, 0.15) is 44.7 Å². The highest BCUT2D eigenvalue weighted by atomic mass is 16.5. The van der Waals surface area contributed by atoms with Gasteiger partial charge in [-0.1, -0.05) is 31.1 Å². The molecule has 13 heteroatoms. The van der Waals surface area contributed by atoms with Crippen molar-refractivity contribution < 1.29 is 24.0 Å². The Labute approximate surface area is 190 Å². The zero-order chi connectivity index (χ0) is 24.3. The summed E-state index contributed by atoms with van der Waals surface area (Å²) < 4.78 is 6.33. The molecule has 0 aliphatic carbocycles. The Hall–Kier alpha value is -3.48. The predicted molar refractivity (Wildman–Crippen MR) is 116 cm³/mol. The van der Waals surface area contributed by atoms with E-state index >= 15 is 0 Å². The van der Waals surface area contributed by atoms with Crippen LogP contribution >= 0.6 is 0 Å². The normalized spacial score (nSPS) is 19.3.